The van der Waals surface area contributed by atoms with Gasteiger partial charge in [-0.2, -0.15) is 5.10 Å². The zero-order valence-electron chi connectivity index (χ0n) is 12.1. The molecule has 0 unspecified atom stereocenters. The predicted octanol–water partition coefficient (Wildman–Crippen LogP) is 1.02. The standard InChI is InChI=1S/C16H15N3O4/c17-15(21)10-23-14-8-4-1-5-11(14)9-18-19-16(22)12-6-2-3-7-13(12)20/h1-9,20H,10H2,(H2,17,21)(H,19,22)/b18-9+. The van der Waals surface area contributed by atoms with E-state index in [4.69, 9.17) is 10.5 Å². The van der Waals surface area contributed by atoms with E-state index in [1.54, 1.807) is 36.4 Å². The highest BCUT2D eigenvalue weighted by Crippen LogP contribution is 2.16. The second-order valence-electron chi connectivity index (χ2n) is 4.51. The molecule has 7 nitrogen and oxygen atoms in total. The van der Waals surface area contributed by atoms with E-state index in [1.807, 2.05) is 0 Å². The summed E-state index contributed by atoms with van der Waals surface area (Å²) in [6.07, 6.45) is 1.37. The van der Waals surface area contributed by atoms with Gasteiger partial charge in [0.1, 0.15) is 11.5 Å². The van der Waals surface area contributed by atoms with Crippen LogP contribution >= 0.6 is 0 Å². The lowest BCUT2D eigenvalue weighted by molar-refractivity contribution is -0.119. The number of benzene rings is 2. The first-order chi connectivity index (χ1) is 11.1. The number of rotatable bonds is 6. The van der Waals surface area contributed by atoms with Crippen LogP contribution in [0.4, 0.5) is 0 Å². The number of phenolic OH excluding ortho intramolecular Hbond substituents is 1. The van der Waals surface area contributed by atoms with E-state index in [0.29, 0.717) is 11.3 Å². The van der Waals surface area contributed by atoms with Crippen LogP contribution in [0.3, 0.4) is 0 Å². The van der Waals surface area contributed by atoms with Crippen LogP contribution < -0.4 is 15.9 Å². The van der Waals surface area contributed by atoms with Crippen molar-refractivity contribution in [1.29, 1.82) is 0 Å². The second-order valence-corrected chi connectivity index (χ2v) is 4.51. The van der Waals surface area contributed by atoms with Gasteiger partial charge in [-0.25, -0.2) is 5.43 Å². The lowest BCUT2D eigenvalue weighted by Gasteiger charge is -2.06. The number of hydrogen-bond acceptors (Lipinski definition) is 5. The van der Waals surface area contributed by atoms with Crippen molar-refractivity contribution >= 4 is 18.0 Å². The highest BCUT2D eigenvalue weighted by atomic mass is 16.5. The molecule has 0 spiro atoms. The molecule has 2 aromatic rings. The van der Waals surface area contributed by atoms with Crippen molar-refractivity contribution in [3.05, 3.63) is 59.7 Å². The molecule has 2 rings (SSSR count). The highest BCUT2D eigenvalue weighted by Gasteiger charge is 2.09. The summed E-state index contributed by atoms with van der Waals surface area (Å²) in [6, 6.07) is 13.0. The first-order valence-corrected chi connectivity index (χ1v) is 6.69. The summed E-state index contributed by atoms with van der Waals surface area (Å²) < 4.78 is 5.24. The van der Waals surface area contributed by atoms with E-state index < -0.39 is 11.8 Å². The van der Waals surface area contributed by atoms with Gasteiger partial charge in [0.25, 0.3) is 11.8 Å². The maximum atomic E-state index is 11.9. The molecule has 0 saturated heterocycles. The summed E-state index contributed by atoms with van der Waals surface area (Å²) in [5, 5.41) is 13.4. The van der Waals surface area contributed by atoms with Gasteiger partial charge in [-0.1, -0.05) is 24.3 Å². The molecule has 0 heterocycles. The quantitative estimate of drug-likeness (QED) is 0.545. The number of nitrogens with zero attached hydrogens (tertiary/aromatic N) is 1. The highest BCUT2D eigenvalue weighted by molar-refractivity contribution is 5.97. The van der Waals surface area contributed by atoms with Crippen molar-refractivity contribution in [2.75, 3.05) is 6.61 Å². The monoisotopic (exact) mass is 313 g/mol. The van der Waals surface area contributed by atoms with E-state index in [0.717, 1.165) is 0 Å². The molecule has 0 radical (unpaired) electrons. The number of hydrogen-bond donors (Lipinski definition) is 3. The minimum atomic E-state index is -0.593. The van der Waals surface area contributed by atoms with Gasteiger partial charge in [-0.3, -0.25) is 9.59 Å². The Morgan fingerprint density at radius 2 is 1.87 bits per heavy atom. The van der Waals surface area contributed by atoms with Crippen LogP contribution in [0.2, 0.25) is 0 Å². The molecule has 0 fully saturated rings. The average molecular weight is 313 g/mol. The van der Waals surface area contributed by atoms with Gasteiger partial charge >= 0.3 is 0 Å². The number of nitrogens with one attached hydrogen (secondary N) is 1. The Balaban J connectivity index is 2.05. The zero-order valence-corrected chi connectivity index (χ0v) is 12.1. The minimum absolute atomic E-state index is 0.114. The molecule has 0 saturated carbocycles. The van der Waals surface area contributed by atoms with Crippen LogP contribution in [0.25, 0.3) is 0 Å². The molecule has 2 amide bonds. The van der Waals surface area contributed by atoms with Crippen molar-refractivity contribution in [3.8, 4) is 11.5 Å². The lowest BCUT2D eigenvalue weighted by atomic mass is 10.2. The first kappa shape index (κ1) is 16.0. The fourth-order valence-corrected chi connectivity index (χ4v) is 1.75. The van der Waals surface area contributed by atoms with Crippen LogP contribution in [0.5, 0.6) is 11.5 Å². The SMILES string of the molecule is NC(=O)COc1ccccc1/C=N/NC(=O)c1ccccc1O. The number of ether oxygens (including phenoxy) is 1. The third-order valence-electron chi connectivity index (χ3n) is 2.81. The van der Waals surface area contributed by atoms with E-state index in [9.17, 15) is 14.7 Å². The number of phenols is 1. The Morgan fingerprint density at radius 1 is 1.17 bits per heavy atom. The van der Waals surface area contributed by atoms with E-state index >= 15 is 0 Å². The molecule has 0 bridgehead atoms. The van der Waals surface area contributed by atoms with Crippen molar-refractivity contribution in [1.82, 2.24) is 5.43 Å². The number of carbonyl (C=O) groups is 2. The molecule has 0 aromatic heterocycles. The van der Waals surface area contributed by atoms with E-state index in [1.165, 1.54) is 18.3 Å². The van der Waals surface area contributed by atoms with Gasteiger partial charge in [-0.05, 0) is 24.3 Å². The second kappa shape index (κ2) is 7.60. The summed E-state index contributed by atoms with van der Waals surface area (Å²) in [5.41, 5.74) is 8.01. The molecule has 23 heavy (non-hydrogen) atoms. The molecule has 7 heteroatoms. The molecular formula is C16H15N3O4. The molecular weight excluding hydrogens is 298 g/mol. The molecule has 118 valence electrons. The van der Waals surface area contributed by atoms with Gasteiger partial charge in [0.2, 0.25) is 0 Å². The smallest absolute Gasteiger partial charge is 0.275 e. The number of para-hydroxylation sites is 2. The van der Waals surface area contributed by atoms with E-state index in [-0.39, 0.29) is 17.9 Å². The summed E-state index contributed by atoms with van der Waals surface area (Å²) in [5.74, 6) is -0.864. The molecule has 0 aliphatic heterocycles. The van der Waals surface area contributed by atoms with E-state index in [2.05, 4.69) is 10.5 Å². The maximum Gasteiger partial charge on any atom is 0.275 e. The Morgan fingerprint density at radius 3 is 2.61 bits per heavy atom. The molecule has 2 aromatic carbocycles. The van der Waals surface area contributed by atoms with Gasteiger partial charge < -0.3 is 15.6 Å². The maximum absolute atomic E-state index is 11.9. The fourth-order valence-electron chi connectivity index (χ4n) is 1.75. The third kappa shape index (κ3) is 4.57. The van der Waals surface area contributed by atoms with Crippen molar-refractivity contribution < 1.29 is 19.4 Å². The van der Waals surface area contributed by atoms with Gasteiger partial charge in [0.15, 0.2) is 6.61 Å². The number of aromatic hydroxyl groups is 1. The minimum Gasteiger partial charge on any atom is -0.507 e. The summed E-state index contributed by atoms with van der Waals surface area (Å²) >= 11 is 0. The largest absolute Gasteiger partial charge is 0.507 e. The number of amides is 2. The molecule has 4 N–H and O–H groups in total. The summed E-state index contributed by atoms with van der Waals surface area (Å²) in [4.78, 5) is 22.6. The summed E-state index contributed by atoms with van der Waals surface area (Å²) in [7, 11) is 0. The van der Waals surface area contributed by atoms with Crippen LogP contribution in [-0.2, 0) is 4.79 Å². The predicted molar refractivity (Wildman–Crippen MR) is 84.3 cm³/mol. The average Bonchev–Trinajstić information content (AvgIpc) is 2.54. The Bertz CT molecular complexity index is 744. The van der Waals surface area contributed by atoms with Gasteiger partial charge in [0, 0.05) is 5.56 Å². The van der Waals surface area contributed by atoms with Crippen LogP contribution in [0.15, 0.2) is 53.6 Å². The van der Waals surface area contributed by atoms with Crippen LogP contribution in [-0.4, -0.2) is 29.7 Å². The topological polar surface area (TPSA) is 114 Å². The number of hydrazone groups is 1. The normalized spacial score (nSPS) is 10.4. The number of carbonyl (C=O) groups excluding carboxylic acids is 2. The third-order valence-corrected chi connectivity index (χ3v) is 2.81. The van der Waals surface area contributed by atoms with Crippen LogP contribution in [0, 0.1) is 0 Å². The number of primary amides is 1. The Kier molecular flexibility index (Phi) is 5.30. The first-order valence-electron chi connectivity index (χ1n) is 6.69. The van der Waals surface area contributed by atoms with Gasteiger partial charge in [0.05, 0.1) is 11.8 Å². The van der Waals surface area contributed by atoms with Gasteiger partial charge in [-0.15, -0.1) is 0 Å². The summed E-state index contributed by atoms with van der Waals surface area (Å²) in [6.45, 7) is -0.255. The molecule has 0 aliphatic carbocycles. The lowest BCUT2D eigenvalue weighted by Crippen LogP contribution is -2.20. The van der Waals surface area contributed by atoms with Crippen molar-refractivity contribution in [2.24, 2.45) is 10.8 Å². The molecule has 0 aliphatic rings. The fraction of sp³-hybridized carbons (Fsp3) is 0.0625. The van der Waals surface area contributed by atoms with Crippen molar-refractivity contribution in [3.63, 3.8) is 0 Å². The van der Waals surface area contributed by atoms with Crippen LogP contribution in [0.1, 0.15) is 15.9 Å². The molecule has 0 atom stereocenters. The zero-order chi connectivity index (χ0) is 16.7. The van der Waals surface area contributed by atoms with Crippen molar-refractivity contribution in [2.45, 2.75) is 0 Å². The number of nitrogens with two attached hydrogens (primary N) is 1. The Hall–Kier alpha value is -3.35. The Labute approximate surface area is 132 Å².